The molecule has 0 spiro atoms. The van der Waals surface area contributed by atoms with E-state index in [0.29, 0.717) is 17.7 Å². The Morgan fingerprint density at radius 3 is 2.17 bits per heavy atom. The van der Waals surface area contributed by atoms with E-state index in [1.165, 1.54) is 25.1 Å². The fraction of sp³-hybridized carbons (Fsp3) is 0.133. The first-order chi connectivity index (χ1) is 11.0. The van der Waals surface area contributed by atoms with Gasteiger partial charge in [0.05, 0.1) is 21.7 Å². The molecule has 0 aliphatic carbocycles. The summed E-state index contributed by atoms with van der Waals surface area (Å²) < 4.78 is 64.3. The molecule has 2 aromatic carbocycles. The second-order valence-electron chi connectivity index (χ2n) is 4.93. The Balaban J connectivity index is 2.41. The molecule has 0 saturated carbocycles. The minimum absolute atomic E-state index is 0.134. The number of benzene rings is 2. The molecular formula is C15H12F3NO4S. The average Bonchev–Trinajstić information content (AvgIpc) is 2.48. The summed E-state index contributed by atoms with van der Waals surface area (Å²) in [5.74, 6) is -1.33. The van der Waals surface area contributed by atoms with Crippen molar-refractivity contribution < 1.29 is 31.5 Å². The molecule has 9 heteroatoms. The van der Waals surface area contributed by atoms with Gasteiger partial charge < -0.3 is 5.11 Å². The van der Waals surface area contributed by atoms with Crippen LogP contribution in [0.4, 0.5) is 18.9 Å². The van der Waals surface area contributed by atoms with Crippen LogP contribution in [0.15, 0.2) is 47.4 Å². The lowest BCUT2D eigenvalue weighted by atomic mass is 10.1. The Morgan fingerprint density at radius 1 is 1.08 bits per heavy atom. The van der Waals surface area contributed by atoms with Gasteiger partial charge in [-0.15, -0.1) is 0 Å². The number of nitrogens with one attached hydrogen (secondary N) is 1. The fourth-order valence-electron chi connectivity index (χ4n) is 2.00. The SMILES string of the molecule is Cc1cccc(C(=O)O)c1NS(=O)(=O)c1ccc(C(F)(F)F)cc1. The third kappa shape index (κ3) is 3.67. The van der Waals surface area contributed by atoms with E-state index in [-0.39, 0.29) is 11.3 Å². The van der Waals surface area contributed by atoms with Gasteiger partial charge in [-0.3, -0.25) is 4.72 Å². The lowest BCUT2D eigenvalue weighted by Crippen LogP contribution is -2.17. The largest absolute Gasteiger partial charge is 0.478 e. The molecule has 2 aromatic rings. The fourth-order valence-corrected chi connectivity index (χ4v) is 3.15. The molecule has 2 rings (SSSR count). The normalized spacial score (nSPS) is 12.0. The highest BCUT2D eigenvalue weighted by Crippen LogP contribution is 2.30. The molecule has 0 amide bonds. The predicted octanol–water partition coefficient (Wildman–Crippen LogP) is 3.51. The smallest absolute Gasteiger partial charge is 0.416 e. The summed E-state index contributed by atoms with van der Waals surface area (Å²) in [7, 11) is -4.23. The van der Waals surface area contributed by atoms with E-state index in [0.717, 1.165) is 12.1 Å². The summed E-state index contributed by atoms with van der Waals surface area (Å²) in [6.45, 7) is 1.51. The minimum Gasteiger partial charge on any atom is -0.478 e. The van der Waals surface area contributed by atoms with Gasteiger partial charge in [0.1, 0.15) is 0 Å². The van der Waals surface area contributed by atoms with E-state index in [9.17, 15) is 26.4 Å². The predicted molar refractivity (Wildman–Crippen MR) is 80.4 cm³/mol. The first-order valence-electron chi connectivity index (χ1n) is 6.55. The number of carboxylic acid groups (broad SMARTS) is 1. The van der Waals surface area contributed by atoms with Crippen LogP contribution < -0.4 is 4.72 Å². The molecule has 0 saturated heterocycles. The third-order valence-corrected chi connectivity index (χ3v) is 4.60. The van der Waals surface area contributed by atoms with Crippen LogP contribution in [0.3, 0.4) is 0 Å². The van der Waals surface area contributed by atoms with Gasteiger partial charge in [-0.2, -0.15) is 13.2 Å². The lowest BCUT2D eigenvalue weighted by molar-refractivity contribution is -0.137. The van der Waals surface area contributed by atoms with Gasteiger partial charge in [0.15, 0.2) is 0 Å². The van der Waals surface area contributed by atoms with E-state index < -0.39 is 32.6 Å². The highest BCUT2D eigenvalue weighted by Gasteiger charge is 2.30. The van der Waals surface area contributed by atoms with Gasteiger partial charge in [0, 0.05) is 0 Å². The van der Waals surface area contributed by atoms with E-state index >= 15 is 0 Å². The molecule has 0 radical (unpaired) electrons. The van der Waals surface area contributed by atoms with E-state index in [1.54, 1.807) is 0 Å². The molecule has 0 unspecified atom stereocenters. The Bertz CT molecular complexity index is 875. The number of sulfonamides is 1. The second kappa shape index (κ2) is 6.16. The first-order valence-corrected chi connectivity index (χ1v) is 8.03. The molecule has 0 aromatic heterocycles. The number of aromatic carboxylic acids is 1. The zero-order chi connectivity index (χ0) is 18.1. The van der Waals surface area contributed by atoms with Gasteiger partial charge in [-0.05, 0) is 42.8 Å². The van der Waals surface area contributed by atoms with Gasteiger partial charge in [0.25, 0.3) is 10.0 Å². The first kappa shape index (κ1) is 17.8. The molecule has 0 bridgehead atoms. The quantitative estimate of drug-likeness (QED) is 0.875. The highest BCUT2D eigenvalue weighted by atomic mass is 32.2. The number of carboxylic acids is 1. The number of halogens is 3. The number of hydrogen-bond donors (Lipinski definition) is 2. The van der Waals surface area contributed by atoms with E-state index in [4.69, 9.17) is 5.11 Å². The molecular weight excluding hydrogens is 347 g/mol. The van der Waals surface area contributed by atoms with E-state index in [1.807, 2.05) is 0 Å². The Kier molecular flexibility index (Phi) is 4.57. The molecule has 0 fully saturated rings. The van der Waals surface area contributed by atoms with Gasteiger partial charge in [0.2, 0.25) is 0 Å². The van der Waals surface area contributed by atoms with Crippen LogP contribution in [0.1, 0.15) is 21.5 Å². The minimum atomic E-state index is -4.58. The van der Waals surface area contributed by atoms with Crippen LogP contribution in [-0.2, 0) is 16.2 Å². The van der Waals surface area contributed by atoms with Crippen LogP contribution in [0.5, 0.6) is 0 Å². The number of alkyl halides is 3. The number of rotatable bonds is 4. The van der Waals surface area contributed by atoms with Crippen molar-refractivity contribution in [3.8, 4) is 0 Å². The van der Waals surface area contributed by atoms with Crippen molar-refractivity contribution in [1.82, 2.24) is 0 Å². The topological polar surface area (TPSA) is 83.5 Å². The molecule has 0 aliphatic heterocycles. The Labute approximate surface area is 135 Å². The maximum atomic E-state index is 12.5. The van der Waals surface area contributed by atoms with Crippen molar-refractivity contribution in [1.29, 1.82) is 0 Å². The zero-order valence-corrected chi connectivity index (χ0v) is 13.1. The second-order valence-corrected chi connectivity index (χ2v) is 6.61. The number of hydrogen-bond acceptors (Lipinski definition) is 3. The maximum Gasteiger partial charge on any atom is 0.416 e. The van der Waals surface area contributed by atoms with Crippen LogP contribution in [0.25, 0.3) is 0 Å². The summed E-state index contributed by atoms with van der Waals surface area (Å²) in [5.41, 5.74) is -1.01. The summed E-state index contributed by atoms with van der Waals surface area (Å²) in [4.78, 5) is 10.8. The Morgan fingerprint density at radius 2 is 1.67 bits per heavy atom. The monoisotopic (exact) mass is 359 g/mol. The molecule has 128 valence electrons. The molecule has 2 N–H and O–H groups in total. The van der Waals surface area contributed by atoms with Crippen molar-refractivity contribution in [3.05, 3.63) is 59.2 Å². The average molecular weight is 359 g/mol. The van der Waals surface area contributed by atoms with Crippen molar-refractivity contribution in [2.24, 2.45) is 0 Å². The third-order valence-electron chi connectivity index (χ3n) is 3.23. The van der Waals surface area contributed by atoms with Crippen molar-refractivity contribution in [2.75, 3.05) is 4.72 Å². The molecule has 0 atom stereocenters. The number of para-hydroxylation sites is 1. The lowest BCUT2D eigenvalue weighted by Gasteiger charge is -2.14. The van der Waals surface area contributed by atoms with Gasteiger partial charge in [-0.1, -0.05) is 12.1 Å². The molecule has 5 nitrogen and oxygen atoms in total. The zero-order valence-electron chi connectivity index (χ0n) is 12.3. The maximum absolute atomic E-state index is 12.5. The summed E-state index contributed by atoms with van der Waals surface area (Å²) in [6, 6.07) is 7.09. The van der Waals surface area contributed by atoms with E-state index in [2.05, 4.69) is 4.72 Å². The van der Waals surface area contributed by atoms with Crippen LogP contribution in [-0.4, -0.2) is 19.5 Å². The number of anilines is 1. The van der Waals surface area contributed by atoms with Crippen molar-refractivity contribution >= 4 is 21.7 Å². The molecule has 24 heavy (non-hydrogen) atoms. The van der Waals surface area contributed by atoms with Gasteiger partial charge in [-0.25, -0.2) is 13.2 Å². The summed E-state index contributed by atoms with van der Waals surface area (Å²) in [6.07, 6.45) is -4.58. The highest BCUT2D eigenvalue weighted by molar-refractivity contribution is 7.92. The number of aryl methyl sites for hydroxylation is 1. The standard InChI is InChI=1S/C15H12F3NO4S/c1-9-3-2-4-12(14(20)21)13(9)19-24(22,23)11-7-5-10(6-8-11)15(16,17)18/h2-8,19H,1H3,(H,20,21). The molecule has 0 aliphatic rings. The van der Waals surface area contributed by atoms with Crippen LogP contribution in [0.2, 0.25) is 0 Å². The summed E-state index contributed by atoms with van der Waals surface area (Å²) >= 11 is 0. The number of carbonyl (C=O) groups is 1. The van der Waals surface area contributed by atoms with Crippen molar-refractivity contribution in [2.45, 2.75) is 18.0 Å². The Hall–Kier alpha value is -2.55. The van der Waals surface area contributed by atoms with Crippen molar-refractivity contribution in [3.63, 3.8) is 0 Å². The molecule has 0 heterocycles. The van der Waals surface area contributed by atoms with Gasteiger partial charge >= 0.3 is 12.1 Å². The summed E-state index contributed by atoms with van der Waals surface area (Å²) in [5, 5.41) is 9.12. The van der Waals surface area contributed by atoms with Crippen LogP contribution in [0, 0.1) is 6.92 Å². The van der Waals surface area contributed by atoms with Crippen LogP contribution >= 0.6 is 0 Å².